The monoisotopic (exact) mass is 191 g/mol. The Morgan fingerprint density at radius 1 is 1.31 bits per heavy atom. The van der Waals surface area contributed by atoms with Crippen molar-refractivity contribution < 1.29 is 13.9 Å². The number of hydrogen-bond acceptors (Lipinski definition) is 2. The first-order valence-corrected chi connectivity index (χ1v) is 4.89. The fourth-order valence-electron chi connectivity index (χ4n) is 2.53. The van der Waals surface area contributed by atoms with Crippen molar-refractivity contribution in [1.29, 1.82) is 0 Å². The summed E-state index contributed by atoms with van der Waals surface area (Å²) in [4.78, 5) is 1.87. The zero-order valence-corrected chi connectivity index (χ0v) is 7.55. The minimum atomic E-state index is -2.68. The van der Waals surface area contributed by atoms with Crippen molar-refractivity contribution >= 4 is 0 Å². The molecule has 0 aromatic heterocycles. The number of halogens is 2. The van der Waals surface area contributed by atoms with Gasteiger partial charge in [-0.1, -0.05) is 0 Å². The average molecular weight is 191 g/mol. The molecule has 0 bridgehead atoms. The molecule has 0 aromatic rings. The van der Waals surface area contributed by atoms with Gasteiger partial charge in [0, 0.05) is 5.92 Å². The summed E-state index contributed by atoms with van der Waals surface area (Å²) in [6, 6.07) is -0.599. The van der Waals surface area contributed by atoms with Gasteiger partial charge < -0.3 is 5.11 Å². The Kier molecular flexibility index (Phi) is 2.28. The van der Waals surface area contributed by atoms with E-state index in [0.717, 1.165) is 19.5 Å². The van der Waals surface area contributed by atoms with E-state index < -0.39 is 17.9 Å². The van der Waals surface area contributed by atoms with E-state index in [1.807, 2.05) is 4.90 Å². The van der Waals surface area contributed by atoms with Gasteiger partial charge in [0.15, 0.2) is 0 Å². The largest absolute Gasteiger partial charge is 0.396 e. The molecular formula is C9H15F2NO. The third-order valence-corrected chi connectivity index (χ3v) is 3.34. The molecule has 2 unspecified atom stereocenters. The molecule has 2 atom stereocenters. The van der Waals surface area contributed by atoms with Gasteiger partial charge in [-0.3, -0.25) is 4.90 Å². The predicted octanol–water partition coefficient (Wildman–Crippen LogP) is 1.10. The van der Waals surface area contributed by atoms with Gasteiger partial charge in [-0.25, -0.2) is 8.78 Å². The maximum atomic E-state index is 13.6. The molecule has 2 aliphatic rings. The fraction of sp³-hybridized carbons (Fsp3) is 1.00. The molecule has 13 heavy (non-hydrogen) atoms. The normalized spacial score (nSPS) is 39.0. The smallest absolute Gasteiger partial charge is 0.268 e. The van der Waals surface area contributed by atoms with E-state index in [1.165, 1.54) is 0 Å². The molecule has 2 saturated heterocycles. The van der Waals surface area contributed by atoms with Crippen LogP contribution in [0, 0.1) is 5.92 Å². The zero-order chi connectivity index (χ0) is 9.47. The second-order valence-corrected chi connectivity index (χ2v) is 4.04. The van der Waals surface area contributed by atoms with E-state index >= 15 is 0 Å². The minimum Gasteiger partial charge on any atom is -0.396 e. The van der Waals surface area contributed by atoms with E-state index in [0.29, 0.717) is 12.8 Å². The van der Waals surface area contributed by atoms with Crippen LogP contribution in [0.5, 0.6) is 0 Å². The molecule has 2 aliphatic heterocycles. The van der Waals surface area contributed by atoms with Crippen molar-refractivity contribution in [2.75, 3.05) is 19.7 Å². The number of hydrogen-bond donors (Lipinski definition) is 1. The summed E-state index contributed by atoms with van der Waals surface area (Å²) in [5.41, 5.74) is 0. The summed E-state index contributed by atoms with van der Waals surface area (Å²) < 4.78 is 27.2. The zero-order valence-electron chi connectivity index (χ0n) is 7.55. The first-order valence-electron chi connectivity index (χ1n) is 4.89. The van der Waals surface area contributed by atoms with E-state index in [-0.39, 0.29) is 6.61 Å². The van der Waals surface area contributed by atoms with E-state index in [9.17, 15) is 8.78 Å². The highest BCUT2D eigenvalue weighted by molar-refractivity contribution is 4.98. The molecule has 76 valence electrons. The van der Waals surface area contributed by atoms with Crippen LogP contribution in [0.1, 0.15) is 19.3 Å². The van der Waals surface area contributed by atoms with Gasteiger partial charge in [0.1, 0.15) is 0 Å². The Bertz CT molecular complexity index is 198. The summed E-state index contributed by atoms with van der Waals surface area (Å²) in [6.07, 6.45) is 1.89. The maximum Gasteiger partial charge on any atom is 0.268 e. The molecule has 0 saturated carbocycles. The van der Waals surface area contributed by atoms with Gasteiger partial charge in [-0.15, -0.1) is 0 Å². The van der Waals surface area contributed by atoms with Crippen molar-refractivity contribution in [2.24, 2.45) is 5.92 Å². The number of rotatable bonds is 1. The summed E-state index contributed by atoms with van der Waals surface area (Å²) in [5, 5.41) is 8.85. The molecule has 4 heteroatoms. The number of piperidine rings is 1. The highest BCUT2D eigenvalue weighted by Gasteiger charge is 2.53. The van der Waals surface area contributed by atoms with Gasteiger partial charge in [0.25, 0.3) is 5.92 Å². The lowest BCUT2D eigenvalue weighted by atomic mass is 9.87. The van der Waals surface area contributed by atoms with Gasteiger partial charge >= 0.3 is 0 Å². The van der Waals surface area contributed by atoms with Crippen LogP contribution in [-0.2, 0) is 0 Å². The number of nitrogens with zero attached hydrogens (tertiary/aromatic N) is 1. The minimum absolute atomic E-state index is 0.378. The number of alkyl halides is 2. The maximum absolute atomic E-state index is 13.6. The lowest BCUT2D eigenvalue weighted by Gasteiger charge is -2.41. The Hall–Kier alpha value is -0.220. The molecule has 2 nitrogen and oxygen atoms in total. The number of fused-ring (bicyclic) bond motifs is 1. The standard InChI is InChI=1S/C9H15F2NO/c10-9(11)7(6-13)3-5-12-4-1-2-8(9)12/h7-8,13H,1-6H2. The lowest BCUT2D eigenvalue weighted by Crippen LogP contribution is -2.54. The third kappa shape index (κ3) is 1.36. The second kappa shape index (κ2) is 3.17. The quantitative estimate of drug-likeness (QED) is 0.671. The van der Waals surface area contributed by atoms with E-state index in [1.54, 1.807) is 0 Å². The fourth-order valence-corrected chi connectivity index (χ4v) is 2.53. The van der Waals surface area contributed by atoms with Crippen LogP contribution in [-0.4, -0.2) is 41.7 Å². The molecular weight excluding hydrogens is 176 g/mol. The summed E-state index contributed by atoms with van der Waals surface area (Å²) in [6.45, 7) is 1.15. The topological polar surface area (TPSA) is 23.5 Å². The summed E-state index contributed by atoms with van der Waals surface area (Å²) in [7, 11) is 0. The first-order chi connectivity index (χ1) is 6.16. The van der Waals surface area contributed by atoms with Gasteiger partial charge in [0.05, 0.1) is 12.6 Å². The SMILES string of the molecule is OCC1CCN2CCCC2C1(F)F. The first kappa shape index (κ1) is 9.34. The van der Waals surface area contributed by atoms with Crippen molar-refractivity contribution in [3.63, 3.8) is 0 Å². The molecule has 0 spiro atoms. The van der Waals surface area contributed by atoms with Gasteiger partial charge in [0.2, 0.25) is 0 Å². The van der Waals surface area contributed by atoms with Crippen LogP contribution < -0.4 is 0 Å². The van der Waals surface area contributed by atoms with Crippen molar-refractivity contribution in [3.8, 4) is 0 Å². The van der Waals surface area contributed by atoms with Crippen LogP contribution in [0.15, 0.2) is 0 Å². The van der Waals surface area contributed by atoms with E-state index in [2.05, 4.69) is 0 Å². The summed E-state index contributed by atoms with van der Waals surface area (Å²) in [5.74, 6) is -3.49. The molecule has 1 N–H and O–H groups in total. The summed E-state index contributed by atoms with van der Waals surface area (Å²) >= 11 is 0. The van der Waals surface area contributed by atoms with Crippen LogP contribution in [0.2, 0.25) is 0 Å². The van der Waals surface area contributed by atoms with Gasteiger partial charge in [-0.05, 0) is 32.4 Å². The second-order valence-electron chi connectivity index (χ2n) is 4.04. The van der Waals surface area contributed by atoms with Crippen molar-refractivity contribution in [1.82, 2.24) is 4.90 Å². The molecule has 0 aromatic carbocycles. The molecule has 2 rings (SSSR count). The van der Waals surface area contributed by atoms with Gasteiger partial charge in [-0.2, -0.15) is 0 Å². The molecule has 2 heterocycles. The Morgan fingerprint density at radius 2 is 2.08 bits per heavy atom. The molecule has 0 aliphatic carbocycles. The van der Waals surface area contributed by atoms with Crippen LogP contribution in [0.4, 0.5) is 8.78 Å². The van der Waals surface area contributed by atoms with Crippen LogP contribution >= 0.6 is 0 Å². The Morgan fingerprint density at radius 3 is 2.77 bits per heavy atom. The highest BCUT2D eigenvalue weighted by Crippen LogP contribution is 2.42. The highest BCUT2D eigenvalue weighted by atomic mass is 19.3. The lowest BCUT2D eigenvalue weighted by molar-refractivity contribution is -0.153. The average Bonchev–Trinajstić information content (AvgIpc) is 2.53. The van der Waals surface area contributed by atoms with Crippen LogP contribution in [0.3, 0.4) is 0 Å². The third-order valence-electron chi connectivity index (χ3n) is 3.34. The van der Waals surface area contributed by atoms with Crippen molar-refractivity contribution in [3.05, 3.63) is 0 Å². The van der Waals surface area contributed by atoms with Crippen molar-refractivity contribution in [2.45, 2.75) is 31.2 Å². The number of aliphatic hydroxyl groups is 1. The Labute approximate surface area is 76.5 Å². The Balaban J connectivity index is 2.15. The number of aliphatic hydroxyl groups excluding tert-OH is 1. The molecule has 2 fully saturated rings. The van der Waals surface area contributed by atoms with E-state index in [4.69, 9.17) is 5.11 Å². The molecule has 0 radical (unpaired) electrons. The van der Waals surface area contributed by atoms with Crippen LogP contribution in [0.25, 0.3) is 0 Å². The molecule has 0 amide bonds. The predicted molar refractivity (Wildman–Crippen MR) is 44.7 cm³/mol.